The summed E-state index contributed by atoms with van der Waals surface area (Å²) in [6.07, 6.45) is 0. The fourth-order valence-electron chi connectivity index (χ4n) is 1.91. The molecule has 0 saturated heterocycles. The van der Waals surface area contributed by atoms with Crippen molar-refractivity contribution in [3.8, 4) is 11.5 Å². The highest BCUT2D eigenvalue weighted by molar-refractivity contribution is 5.50. The molecule has 0 aliphatic carbocycles. The van der Waals surface area contributed by atoms with Gasteiger partial charge in [0.05, 0.1) is 10.5 Å². The van der Waals surface area contributed by atoms with E-state index in [1.807, 2.05) is 0 Å². The molecule has 0 aromatic heterocycles. The third-order valence-corrected chi connectivity index (χ3v) is 3.15. The number of hydrogen-bond acceptors (Lipinski definition) is 4. The second-order valence-electron chi connectivity index (χ2n) is 4.74. The standard InChI is InChI=1S/C15H15FN2O3/c1-9-13(18(19)20)4-3-5-14(9)21-15-7-6-11(10(2)17)8-12(15)16/h3-8,10H,17H2,1-2H3/t10-/m1/s1. The van der Waals surface area contributed by atoms with E-state index in [1.165, 1.54) is 24.3 Å². The van der Waals surface area contributed by atoms with E-state index in [4.69, 9.17) is 10.5 Å². The van der Waals surface area contributed by atoms with E-state index >= 15 is 0 Å². The molecule has 2 aromatic carbocycles. The summed E-state index contributed by atoms with van der Waals surface area (Å²) in [6.45, 7) is 3.31. The van der Waals surface area contributed by atoms with Crippen LogP contribution in [-0.4, -0.2) is 4.92 Å². The van der Waals surface area contributed by atoms with Crippen molar-refractivity contribution in [3.63, 3.8) is 0 Å². The molecule has 0 radical (unpaired) electrons. The number of nitrogens with zero attached hydrogens (tertiary/aromatic N) is 1. The van der Waals surface area contributed by atoms with Crippen molar-refractivity contribution in [2.24, 2.45) is 5.73 Å². The van der Waals surface area contributed by atoms with Crippen molar-refractivity contribution < 1.29 is 14.1 Å². The normalized spacial score (nSPS) is 12.0. The molecule has 0 bridgehead atoms. The molecular weight excluding hydrogens is 275 g/mol. The summed E-state index contributed by atoms with van der Waals surface area (Å²) in [5, 5.41) is 10.9. The fourth-order valence-corrected chi connectivity index (χ4v) is 1.91. The first-order valence-electron chi connectivity index (χ1n) is 6.37. The van der Waals surface area contributed by atoms with Crippen LogP contribution in [0.1, 0.15) is 24.1 Å². The summed E-state index contributed by atoms with van der Waals surface area (Å²) in [5.74, 6) is -0.310. The van der Waals surface area contributed by atoms with Crippen molar-refractivity contribution in [3.05, 3.63) is 63.5 Å². The molecule has 0 unspecified atom stereocenters. The molecule has 0 saturated carbocycles. The van der Waals surface area contributed by atoms with Gasteiger partial charge in [-0.05, 0) is 37.6 Å². The summed E-state index contributed by atoms with van der Waals surface area (Å²) in [4.78, 5) is 10.4. The Morgan fingerprint density at radius 3 is 2.57 bits per heavy atom. The fraction of sp³-hybridized carbons (Fsp3) is 0.200. The average molecular weight is 290 g/mol. The molecule has 1 atom stereocenters. The Bertz CT molecular complexity index is 687. The maximum Gasteiger partial charge on any atom is 0.276 e. The average Bonchev–Trinajstić information content (AvgIpc) is 2.42. The van der Waals surface area contributed by atoms with Crippen molar-refractivity contribution in [1.82, 2.24) is 0 Å². The van der Waals surface area contributed by atoms with Crippen molar-refractivity contribution >= 4 is 5.69 Å². The number of nitro groups is 1. The monoisotopic (exact) mass is 290 g/mol. The highest BCUT2D eigenvalue weighted by Gasteiger charge is 2.16. The second-order valence-corrected chi connectivity index (χ2v) is 4.74. The number of nitrogens with two attached hydrogens (primary N) is 1. The Labute approximate surface area is 121 Å². The van der Waals surface area contributed by atoms with Gasteiger partial charge < -0.3 is 10.5 Å². The minimum absolute atomic E-state index is 0.00278. The predicted molar refractivity (Wildman–Crippen MR) is 76.9 cm³/mol. The predicted octanol–water partition coefficient (Wildman–Crippen LogP) is 3.85. The summed E-state index contributed by atoms with van der Waals surface area (Å²) >= 11 is 0. The van der Waals surface area contributed by atoms with Crippen molar-refractivity contribution in [1.29, 1.82) is 0 Å². The largest absolute Gasteiger partial charge is 0.454 e. The summed E-state index contributed by atoms with van der Waals surface area (Å²) in [7, 11) is 0. The van der Waals surface area contributed by atoms with Crippen LogP contribution < -0.4 is 10.5 Å². The van der Waals surface area contributed by atoms with E-state index in [-0.39, 0.29) is 23.2 Å². The first-order chi connectivity index (χ1) is 9.90. The van der Waals surface area contributed by atoms with Gasteiger partial charge in [-0.2, -0.15) is 0 Å². The second kappa shape index (κ2) is 5.88. The van der Waals surface area contributed by atoms with E-state index in [0.717, 1.165) is 0 Å². The summed E-state index contributed by atoms with van der Waals surface area (Å²) < 4.78 is 19.4. The van der Waals surface area contributed by atoms with E-state index in [1.54, 1.807) is 26.0 Å². The van der Waals surface area contributed by atoms with Gasteiger partial charge in [0.15, 0.2) is 11.6 Å². The molecule has 0 aliphatic rings. The molecule has 0 heterocycles. The third kappa shape index (κ3) is 3.17. The zero-order chi connectivity index (χ0) is 15.6. The Balaban J connectivity index is 2.35. The van der Waals surface area contributed by atoms with Crippen LogP contribution in [0.3, 0.4) is 0 Å². The SMILES string of the molecule is Cc1c(Oc2ccc([C@@H](C)N)cc2F)cccc1[N+](=O)[O-]. The molecule has 2 N–H and O–H groups in total. The summed E-state index contributed by atoms with van der Waals surface area (Å²) in [5.41, 5.74) is 6.60. The van der Waals surface area contributed by atoms with Gasteiger partial charge in [0.25, 0.3) is 5.69 Å². The van der Waals surface area contributed by atoms with Gasteiger partial charge in [-0.3, -0.25) is 10.1 Å². The van der Waals surface area contributed by atoms with Gasteiger partial charge in [0.1, 0.15) is 5.75 Å². The molecule has 5 nitrogen and oxygen atoms in total. The molecule has 0 fully saturated rings. The number of halogens is 1. The van der Waals surface area contributed by atoms with Crippen LogP contribution in [0.4, 0.5) is 10.1 Å². The third-order valence-electron chi connectivity index (χ3n) is 3.15. The van der Waals surface area contributed by atoms with Gasteiger partial charge in [0, 0.05) is 12.1 Å². The van der Waals surface area contributed by atoms with E-state index in [0.29, 0.717) is 11.1 Å². The number of hydrogen-bond donors (Lipinski definition) is 1. The van der Waals surface area contributed by atoms with Gasteiger partial charge >= 0.3 is 0 Å². The van der Waals surface area contributed by atoms with Crippen LogP contribution in [0.2, 0.25) is 0 Å². The lowest BCUT2D eigenvalue weighted by atomic mass is 10.1. The molecule has 2 aromatic rings. The zero-order valence-electron chi connectivity index (χ0n) is 11.7. The Morgan fingerprint density at radius 2 is 2.00 bits per heavy atom. The Kier molecular flexibility index (Phi) is 4.18. The smallest absolute Gasteiger partial charge is 0.276 e. The van der Waals surface area contributed by atoms with Crippen LogP contribution >= 0.6 is 0 Å². The topological polar surface area (TPSA) is 78.4 Å². The molecule has 110 valence electrons. The van der Waals surface area contributed by atoms with Crippen molar-refractivity contribution in [2.75, 3.05) is 0 Å². The minimum atomic E-state index is -0.560. The van der Waals surface area contributed by atoms with Crippen LogP contribution in [0.15, 0.2) is 36.4 Å². The molecule has 2 rings (SSSR count). The molecule has 6 heteroatoms. The zero-order valence-corrected chi connectivity index (χ0v) is 11.7. The number of nitro benzene ring substituents is 1. The lowest BCUT2D eigenvalue weighted by Gasteiger charge is -2.11. The molecule has 21 heavy (non-hydrogen) atoms. The molecule has 0 aliphatic heterocycles. The minimum Gasteiger partial charge on any atom is -0.454 e. The number of ether oxygens (including phenoxy) is 1. The van der Waals surface area contributed by atoms with Gasteiger partial charge in [0.2, 0.25) is 0 Å². The molecule has 0 amide bonds. The maximum atomic E-state index is 14.0. The Hall–Kier alpha value is -2.47. The van der Waals surface area contributed by atoms with Crippen LogP contribution in [0.25, 0.3) is 0 Å². The van der Waals surface area contributed by atoms with Crippen LogP contribution in [-0.2, 0) is 0 Å². The molecule has 0 spiro atoms. The number of benzene rings is 2. The maximum absolute atomic E-state index is 14.0. The summed E-state index contributed by atoms with van der Waals surface area (Å²) in [6, 6.07) is 8.57. The van der Waals surface area contributed by atoms with E-state index in [9.17, 15) is 14.5 Å². The van der Waals surface area contributed by atoms with Crippen LogP contribution in [0, 0.1) is 22.9 Å². The van der Waals surface area contributed by atoms with Gasteiger partial charge in [-0.15, -0.1) is 0 Å². The lowest BCUT2D eigenvalue weighted by Crippen LogP contribution is -2.05. The van der Waals surface area contributed by atoms with Gasteiger partial charge in [-0.1, -0.05) is 12.1 Å². The highest BCUT2D eigenvalue weighted by atomic mass is 19.1. The first-order valence-corrected chi connectivity index (χ1v) is 6.37. The van der Waals surface area contributed by atoms with Gasteiger partial charge in [-0.25, -0.2) is 4.39 Å². The quantitative estimate of drug-likeness (QED) is 0.685. The lowest BCUT2D eigenvalue weighted by molar-refractivity contribution is -0.385. The number of rotatable bonds is 4. The molecular formula is C15H15FN2O3. The van der Waals surface area contributed by atoms with Crippen LogP contribution in [0.5, 0.6) is 11.5 Å². The Morgan fingerprint density at radius 1 is 1.29 bits per heavy atom. The van der Waals surface area contributed by atoms with E-state index in [2.05, 4.69) is 0 Å². The highest BCUT2D eigenvalue weighted by Crippen LogP contribution is 2.32. The van der Waals surface area contributed by atoms with E-state index < -0.39 is 10.7 Å². The van der Waals surface area contributed by atoms with Crippen molar-refractivity contribution in [2.45, 2.75) is 19.9 Å². The first kappa shape index (κ1) is 14.9.